The van der Waals surface area contributed by atoms with E-state index in [-0.39, 0.29) is 19.8 Å². The fraction of sp³-hybridized carbons (Fsp3) is 0.359. The lowest BCUT2D eigenvalue weighted by Crippen LogP contribution is -2.39. The molecule has 0 radical (unpaired) electrons. The molecule has 2 heterocycles. The molecule has 0 bridgehead atoms. The molecule has 1 fully saturated rings. The van der Waals surface area contributed by atoms with E-state index < -0.39 is 18.6 Å². The van der Waals surface area contributed by atoms with Crippen molar-refractivity contribution in [1.29, 1.82) is 5.26 Å². The van der Waals surface area contributed by atoms with Gasteiger partial charge in [-0.2, -0.15) is 5.26 Å². The summed E-state index contributed by atoms with van der Waals surface area (Å²) in [4.78, 5) is 18.1. The summed E-state index contributed by atoms with van der Waals surface area (Å²) in [6, 6.07) is 18.2. The van der Waals surface area contributed by atoms with E-state index in [2.05, 4.69) is 47.3 Å². The number of ether oxygens (including phenoxy) is 3. The van der Waals surface area contributed by atoms with Gasteiger partial charge in [0, 0.05) is 42.7 Å². The number of likely N-dealkylation sites (tertiary alicyclic amines) is 1. The molecule has 0 saturated carbocycles. The molecule has 0 spiro atoms. The Bertz CT molecular complexity index is 1820. The van der Waals surface area contributed by atoms with Gasteiger partial charge in [0.1, 0.15) is 42.6 Å². The summed E-state index contributed by atoms with van der Waals surface area (Å²) in [7, 11) is 0. The van der Waals surface area contributed by atoms with E-state index in [9.17, 15) is 20.3 Å². The molecule has 1 aromatic heterocycles. The maximum absolute atomic E-state index is 11.5. The molecule has 3 N–H and O–H groups in total. The Morgan fingerprint density at radius 2 is 1.70 bits per heavy atom. The third-order valence-corrected chi connectivity index (χ3v) is 9.23. The van der Waals surface area contributed by atoms with Crippen LogP contribution in [-0.2, 0) is 24.6 Å². The Balaban J connectivity index is 1.32. The molecule has 3 aromatic carbocycles. The molecule has 0 aliphatic carbocycles. The van der Waals surface area contributed by atoms with Crippen LogP contribution in [0.15, 0.2) is 67.0 Å². The van der Waals surface area contributed by atoms with Crippen LogP contribution in [0.5, 0.6) is 17.2 Å². The van der Waals surface area contributed by atoms with E-state index in [0.717, 1.165) is 46.5 Å². The number of benzene rings is 3. The highest BCUT2D eigenvalue weighted by atomic mass is 35.5. The number of nitrogens with one attached hydrogen (secondary N) is 1. The van der Waals surface area contributed by atoms with Gasteiger partial charge in [0.05, 0.1) is 23.8 Å². The smallest absolute Gasteiger partial charge is 0.323 e. The molecule has 1 saturated heterocycles. The summed E-state index contributed by atoms with van der Waals surface area (Å²) in [6.45, 7) is 8.11. The number of aromatic nitrogens is 1. The summed E-state index contributed by atoms with van der Waals surface area (Å²) in [6.07, 6.45) is 6.65. The number of hydrogen-bond donors (Lipinski definition) is 3. The van der Waals surface area contributed by atoms with Crippen molar-refractivity contribution in [3.05, 3.63) is 105 Å². The lowest BCUT2D eigenvalue weighted by molar-refractivity contribution is -0.140. The number of aliphatic carboxylic acids is 1. The average Bonchev–Trinajstić information content (AvgIpc) is 3.64. The first-order valence-electron chi connectivity index (χ1n) is 16.8. The van der Waals surface area contributed by atoms with Crippen molar-refractivity contribution in [2.24, 2.45) is 0 Å². The zero-order valence-corrected chi connectivity index (χ0v) is 29.2. The zero-order chi connectivity index (χ0) is 35.5. The third-order valence-electron chi connectivity index (χ3n) is 8.93. The van der Waals surface area contributed by atoms with Crippen molar-refractivity contribution in [3.63, 3.8) is 0 Å². The zero-order valence-electron chi connectivity index (χ0n) is 28.5. The second-order valence-corrected chi connectivity index (χ2v) is 12.8. The Morgan fingerprint density at radius 1 is 0.960 bits per heavy atom. The molecule has 0 unspecified atom stereocenters. The summed E-state index contributed by atoms with van der Waals surface area (Å²) in [5.74, 6) is 0.499. The SMILES string of the molecule is Cc1c(COc2cc(OCc3cncc(C#N)c3)c(CN[C@@H](CO)C(=O)O)cc2Cl)cccc1-c1cccc(OCCCN2CCCC2)c1C. The molecule has 4 aromatic rings. The second-order valence-electron chi connectivity index (χ2n) is 12.4. The molecule has 1 aliphatic heterocycles. The van der Waals surface area contributed by atoms with Gasteiger partial charge in [0.25, 0.3) is 0 Å². The van der Waals surface area contributed by atoms with Gasteiger partial charge < -0.3 is 29.3 Å². The number of halogens is 1. The minimum absolute atomic E-state index is 0.0606. The van der Waals surface area contributed by atoms with E-state index in [1.165, 1.54) is 32.1 Å². The largest absolute Gasteiger partial charge is 0.493 e. The van der Waals surface area contributed by atoms with Gasteiger partial charge in [-0.1, -0.05) is 41.9 Å². The number of nitriles is 1. The number of rotatable bonds is 17. The van der Waals surface area contributed by atoms with Crippen LogP contribution < -0.4 is 19.5 Å². The van der Waals surface area contributed by atoms with E-state index in [0.29, 0.717) is 39.8 Å². The number of hydrogen-bond acceptors (Lipinski definition) is 9. The second kappa shape index (κ2) is 17.8. The molecule has 10 nitrogen and oxygen atoms in total. The van der Waals surface area contributed by atoms with Crippen molar-refractivity contribution in [2.75, 3.05) is 32.8 Å². The average molecular weight is 699 g/mol. The topological polar surface area (TPSA) is 137 Å². The lowest BCUT2D eigenvalue weighted by atomic mass is 9.93. The minimum atomic E-state index is -1.18. The normalized spacial score (nSPS) is 13.5. The fourth-order valence-corrected chi connectivity index (χ4v) is 6.28. The lowest BCUT2D eigenvalue weighted by Gasteiger charge is -2.19. The first kappa shape index (κ1) is 36.6. The predicted octanol–water partition coefficient (Wildman–Crippen LogP) is 6.45. The molecule has 0 amide bonds. The van der Waals surface area contributed by atoms with Gasteiger partial charge in [-0.15, -0.1) is 0 Å². The molecule has 1 atom stereocenters. The molecular formula is C39H43ClN4O6. The molecule has 50 heavy (non-hydrogen) atoms. The van der Waals surface area contributed by atoms with Gasteiger partial charge in [0.2, 0.25) is 0 Å². The summed E-state index contributed by atoms with van der Waals surface area (Å²) in [5.41, 5.74) is 6.98. The number of carboxylic acid groups (broad SMARTS) is 1. The highest BCUT2D eigenvalue weighted by molar-refractivity contribution is 6.32. The van der Waals surface area contributed by atoms with Gasteiger partial charge in [-0.3, -0.25) is 15.1 Å². The van der Waals surface area contributed by atoms with Gasteiger partial charge in [-0.05, 0) is 92.2 Å². The Kier molecular flexibility index (Phi) is 13.1. The number of nitrogens with zero attached hydrogens (tertiary/aromatic N) is 3. The summed E-state index contributed by atoms with van der Waals surface area (Å²) < 4.78 is 18.6. The molecule has 11 heteroatoms. The standard InChI is InChI=1S/C39H43ClN4O6/c1-26-30(8-5-9-32(26)33-10-6-11-36(27(33)2)48-15-7-14-44-12-3-4-13-44)25-50-38-18-37(49-24-29-16-28(19-41)20-42-21-29)31(17-34(38)40)22-43-35(23-45)39(46)47/h5-6,8-11,16-18,20-21,35,43,45H,3-4,7,12-15,22-25H2,1-2H3,(H,46,47)/t35-/m0/s1. The molecule has 1 aliphatic rings. The highest BCUT2D eigenvalue weighted by Crippen LogP contribution is 2.36. The molecule has 5 rings (SSSR count). The maximum atomic E-state index is 11.5. The first-order chi connectivity index (χ1) is 24.3. The van der Waals surface area contributed by atoms with Crippen LogP contribution in [0, 0.1) is 25.2 Å². The number of carbonyl (C=O) groups is 1. The maximum Gasteiger partial charge on any atom is 0.323 e. The van der Waals surface area contributed by atoms with Crippen LogP contribution in [0.25, 0.3) is 11.1 Å². The van der Waals surface area contributed by atoms with E-state index >= 15 is 0 Å². The Morgan fingerprint density at radius 3 is 2.44 bits per heavy atom. The quantitative estimate of drug-likeness (QED) is 0.106. The van der Waals surface area contributed by atoms with Crippen LogP contribution >= 0.6 is 11.6 Å². The first-order valence-corrected chi connectivity index (χ1v) is 17.2. The van der Waals surface area contributed by atoms with E-state index in [1.807, 2.05) is 24.3 Å². The van der Waals surface area contributed by atoms with Gasteiger partial charge in [-0.25, -0.2) is 0 Å². The number of pyridine rings is 1. The van der Waals surface area contributed by atoms with E-state index in [1.54, 1.807) is 24.4 Å². The van der Waals surface area contributed by atoms with Crippen molar-refractivity contribution >= 4 is 17.6 Å². The van der Waals surface area contributed by atoms with E-state index in [4.69, 9.17) is 25.8 Å². The number of carboxylic acids is 1. The minimum Gasteiger partial charge on any atom is -0.493 e. The third kappa shape index (κ3) is 9.52. The van der Waals surface area contributed by atoms with Crippen LogP contribution in [0.1, 0.15) is 52.6 Å². The van der Waals surface area contributed by atoms with Crippen molar-refractivity contribution in [1.82, 2.24) is 15.2 Å². The Labute approximate surface area is 298 Å². The molecular weight excluding hydrogens is 656 g/mol. The van der Waals surface area contributed by atoms with Crippen LogP contribution in [0.4, 0.5) is 0 Å². The van der Waals surface area contributed by atoms with Gasteiger partial charge >= 0.3 is 5.97 Å². The predicted molar refractivity (Wildman–Crippen MR) is 192 cm³/mol. The number of aliphatic hydroxyl groups excluding tert-OH is 1. The summed E-state index contributed by atoms with van der Waals surface area (Å²) >= 11 is 6.69. The van der Waals surface area contributed by atoms with Crippen molar-refractivity contribution in [2.45, 2.75) is 58.9 Å². The number of aliphatic hydroxyl groups is 1. The van der Waals surface area contributed by atoms with Crippen molar-refractivity contribution in [3.8, 4) is 34.4 Å². The fourth-order valence-electron chi connectivity index (χ4n) is 6.04. The van der Waals surface area contributed by atoms with Crippen LogP contribution in [-0.4, -0.2) is 65.0 Å². The molecule has 262 valence electrons. The Hall–Kier alpha value is -4.66. The van der Waals surface area contributed by atoms with Crippen molar-refractivity contribution < 1.29 is 29.2 Å². The van der Waals surface area contributed by atoms with Crippen LogP contribution in [0.2, 0.25) is 5.02 Å². The highest BCUT2D eigenvalue weighted by Gasteiger charge is 2.19. The summed E-state index contributed by atoms with van der Waals surface area (Å²) in [5, 5.41) is 31.2. The monoisotopic (exact) mass is 698 g/mol. The van der Waals surface area contributed by atoms with Gasteiger partial charge in [0.15, 0.2) is 0 Å². The van der Waals surface area contributed by atoms with Crippen LogP contribution in [0.3, 0.4) is 0 Å².